The van der Waals surface area contributed by atoms with Gasteiger partial charge in [-0.05, 0) is 48.1 Å². The molecule has 7 heteroatoms. The van der Waals surface area contributed by atoms with Crippen molar-refractivity contribution in [1.29, 1.82) is 0 Å². The van der Waals surface area contributed by atoms with Crippen LogP contribution in [0, 0.1) is 0 Å². The minimum absolute atomic E-state index is 0.0447. The van der Waals surface area contributed by atoms with E-state index in [2.05, 4.69) is 29.4 Å². The third-order valence-corrected chi connectivity index (χ3v) is 4.63. The summed E-state index contributed by atoms with van der Waals surface area (Å²) in [6.07, 6.45) is 1.99. The lowest BCUT2D eigenvalue weighted by Crippen LogP contribution is -2.20. The van der Waals surface area contributed by atoms with Crippen molar-refractivity contribution in [3.05, 3.63) is 54.1 Å². The van der Waals surface area contributed by atoms with Crippen molar-refractivity contribution in [2.75, 3.05) is 18.2 Å². The van der Waals surface area contributed by atoms with E-state index in [1.807, 2.05) is 54.8 Å². The van der Waals surface area contributed by atoms with Crippen LogP contribution in [0.15, 0.2) is 57.8 Å². The van der Waals surface area contributed by atoms with Gasteiger partial charge >= 0.3 is 6.01 Å². The number of thioether (sulfide) groups is 1. The Balaban J connectivity index is 1.56. The van der Waals surface area contributed by atoms with Crippen LogP contribution in [-0.2, 0) is 4.79 Å². The number of nitrogens with one attached hydrogen (secondary N) is 1. The number of carbonyl (C=O) groups is 1. The van der Waals surface area contributed by atoms with Gasteiger partial charge < -0.3 is 9.15 Å². The molecule has 0 aliphatic carbocycles. The molecule has 6 nitrogen and oxygen atoms in total. The fraction of sp³-hybridized carbons (Fsp3) is 0.250. The lowest BCUT2D eigenvalue weighted by molar-refractivity contribution is -0.118. The van der Waals surface area contributed by atoms with Crippen LogP contribution >= 0.6 is 11.8 Å². The fourth-order valence-electron chi connectivity index (χ4n) is 2.40. The van der Waals surface area contributed by atoms with Gasteiger partial charge in [-0.2, -0.15) is 0 Å². The van der Waals surface area contributed by atoms with Crippen LogP contribution in [0.25, 0.3) is 11.5 Å². The van der Waals surface area contributed by atoms with Gasteiger partial charge in [-0.1, -0.05) is 37.1 Å². The minimum Gasteiger partial charge on any atom is -0.484 e. The molecule has 3 aromatic rings. The number of carbonyl (C=O) groups excluding carboxylic acids is 1. The summed E-state index contributed by atoms with van der Waals surface area (Å²) in [6, 6.07) is 15.5. The first-order chi connectivity index (χ1) is 13.0. The SMILES string of the molecule is CSc1cccc(-c2nnc(NC(=O)COc3ccc(C(C)C)cc3)o2)c1. The van der Waals surface area contributed by atoms with E-state index in [4.69, 9.17) is 9.15 Å². The van der Waals surface area contributed by atoms with Gasteiger partial charge in [0.2, 0.25) is 5.89 Å². The normalized spacial score (nSPS) is 10.8. The van der Waals surface area contributed by atoms with Crippen LogP contribution in [0.1, 0.15) is 25.3 Å². The molecule has 0 aliphatic rings. The summed E-state index contributed by atoms with van der Waals surface area (Å²) in [5.41, 5.74) is 2.02. The monoisotopic (exact) mass is 383 g/mol. The summed E-state index contributed by atoms with van der Waals surface area (Å²) < 4.78 is 11.0. The molecule has 0 radical (unpaired) electrons. The molecule has 1 amide bonds. The summed E-state index contributed by atoms with van der Waals surface area (Å²) in [5, 5.41) is 10.4. The third-order valence-electron chi connectivity index (χ3n) is 3.90. The minimum atomic E-state index is -0.365. The van der Waals surface area contributed by atoms with Gasteiger partial charge in [0, 0.05) is 10.5 Å². The number of hydrogen-bond acceptors (Lipinski definition) is 6. The Morgan fingerprint density at radius 1 is 1.19 bits per heavy atom. The Morgan fingerprint density at radius 2 is 1.96 bits per heavy atom. The number of nitrogens with zero attached hydrogens (tertiary/aromatic N) is 2. The maximum absolute atomic E-state index is 12.0. The highest BCUT2D eigenvalue weighted by Gasteiger charge is 2.12. The Labute approximate surface area is 162 Å². The van der Waals surface area contributed by atoms with Crippen LogP contribution in [0.5, 0.6) is 5.75 Å². The van der Waals surface area contributed by atoms with Crippen LogP contribution in [-0.4, -0.2) is 29.0 Å². The number of anilines is 1. The molecule has 140 valence electrons. The van der Waals surface area contributed by atoms with Crippen molar-refractivity contribution >= 4 is 23.7 Å². The van der Waals surface area contributed by atoms with E-state index in [0.717, 1.165) is 10.5 Å². The number of ether oxygens (including phenoxy) is 1. The zero-order valence-electron chi connectivity index (χ0n) is 15.4. The van der Waals surface area contributed by atoms with Gasteiger partial charge in [-0.3, -0.25) is 10.1 Å². The summed E-state index contributed by atoms with van der Waals surface area (Å²) in [4.78, 5) is 13.1. The topological polar surface area (TPSA) is 77.2 Å². The highest BCUT2D eigenvalue weighted by atomic mass is 32.2. The second-order valence-electron chi connectivity index (χ2n) is 6.20. The van der Waals surface area contributed by atoms with Gasteiger partial charge in [-0.15, -0.1) is 16.9 Å². The molecule has 0 atom stereocenters. The average molecular weight is 383 g/mol. The molecule has 0 unspecified atom stereocenters. The molecule has 1 N–H and O–H groups in total. The van der Waals surface area contributed by atoms with Gasteiger partial charge in [-0.25, -0.2) is 0 Å². The predicted molar refractivity (Wildman–Crippen MR) is 106 cm³/mol. The molecule has 0 fully saturated rings. The summed E-state index contributed by atoms with van der Waals surface area (Å²) in [5.74, 6) is 1.07. The second-order valence-corrected chi connectivity index (χ2v) is 7.08. The first kappa shape index (κ1) is 19.0. The first-order valence-electron chi connectivity index (χ1n) is 8.55. The Hall–Kier alpha value is -2.80. The number of benzene rings is 2. The van der Waals surface area contributed by atoms with Crippen molar-refractivity contribution < 1.29 is 13.9 Å². The van der Waals surface area contributed by atoms with Crippen LogP contribution in [0.3, 0.4) is 0 Å². The third kappa shape index (κ3) is 5.10. The highest BCUT2D eigenvalue weighted by Crippen LogP contribution is 2.24. The number of aromatic nitrogens is 2. The molecular formula is C20H21N3O3S. The van der Waals surface area contributed by atoms with Gasteiger partial charge in [0.15, 0.2) is 6.61 Å². The number of hydrogen-bond donors (Lipinski definition) is 1. The van der Waals surface area contributed by atoms with Crippen molar-refractivity contribution in [2.45, 2.75) is 24.7 Å². The molecule has 0 bridgehead atoms. The van der Waals surface area contributed by atoms with E-state index in [9.17, 15) is 4.79 Å². The van der Waals surface area contributed by atoms with Gasteiger partial charge in [0.1, 0.15) is 5.75 Å². The second kappa shape index (κ2) is 8.73. The summed E-state index contributed by atoms with van der Waals surface area (Å²) in [7, 11) is 0. The largest absolute Gasteiger partial charge is 0.484 e. The van der Waals surface area contributed by atoms with Crippen molar-refractivity contribution in [1.82, 2.24) is 10.2 Å². The zero-order chi connectivity index (χ0) is 19.2. The summed E-state index contributed by atoms with van der Waals surface area (Å²) >= 11 is 1.63. The molecule has 1 heterocycles. The van der Waals surface area contributed by atoms with Crippen molar-refractivity contribution in [3.63, 3.8) is 0 Å². The molecule has 0 saturated carbocycles. The van der Waals surface area contributed by atoms with Gasteiger partial charge in [0.25, 0.3) is 5.91 Å². The van der Waals surface area contributed by atoms with E-state index >= 15 is 0 Å². The van der Waals surface area contributed by atoms with Crippen LogP contribution in [0.4, 0.5) is 6.01 Å². The average Bonchev–Trinajstić information content (AvgIpc) is 3.15. The first-order valence-corrected chi connectivity index (χ1v) is 9.78. The predicted octanol–water partition coefficient (Wildman–Crippen LogP) is 4.60. The fourth-order valence-corrected chi connectivity index (χ4v) is 2.86. The van der Waals surface area contributed by atoms with E-state index in [-0.39, 0.29) is 18.5 Å². The van der Waals surface area contributed by atoms with E-state index in [0.29, 0.717) is 17.6 Å². The smallest absolute Gasteiger partial charge is 0.322 e. The number of amides is 1. The Morgan fingerprint density at radius 3 is 2.67 bits per heavy atom. The number of rotatable bonds is 7. The molecule has 3 rings (SSSR count). The Kier molecular flexibility index (Phi) is 6.13. The van der Waals surface area contributed by atoms with Crippen LogP contribution < -0.4 is 10.1 Å². The lowest BCUT2D eigenvalue weighted by atomic mass is 10.0. The molecule has 1 aromatic heterocycles. The Bertz CT molecular complexity index is 907. The van der Waals surface area contributed by atoms with Crippen LogP contribution in [0.2, 0.25) is 0 Å². The van der Waals surface area contributed by atoms with Crippen molar-refractivity contribution in [3.8, 4) is 17.2 Å². The molecule has 2 aromatic carbocycles. The quantitative estimate of drug-likeness (QED) is 0.601. The standard InChI is InChI=1S/C20H21N3O3S/c1-13(2)14-7-9-16(10-8-14)25-12-18(24)21-20-23-22-19(26-20)15-5-4-6-17(11-15)27-3/h4-11,13H,12H2,1-3H3,(H,21,23,24). The molecular weight excluding hydrogens is 362 g/mol. The maximum Gasteiger partial charge on any atom is 0.322 e. The van der Waals surface area contributed by atoms with Gasteiger partial charge in [0.05, 0.1) is 0 Å². The molecule has 0 saturated heterocycles. The van der Waals surface area contributed by atoms with Crippen molar-refractivity contribution in [2.24, 2.45) is 0 Å². The summed E-state index contributed by atoms with van der Waals surface area (Å²) in [6.45, 7) is 4.11. The van der Waals surface area contributed by atoms with E-state index in [1.165, 1.54) is 5.56 Å². The van der Waals surface area contributed by atoms with E-state index in [1.54, 1.807) is 11.8 Å². The molecule has 0 aliphatic heterocycles. The zero-order valence-corrected chi connectivity index (χ0v) is 16.2. The highest BCUT2D eigenvalue weighted by molar-refractivity contribution is 7.98. The maximum atomic E-state index is 12.0. The molecule has 27 heavy (non-hydrogen) atoms. The molecule has 0 spiro atoms. The lowest BCUT2D eigenvalue weighted by Gasteiger charge is -2.08. The van der Waals surface area contributed by atoms with E-state index < -0.39 is 0 Å².